The van der Waals surface area contributed by atoms with Crippen molar-refractivity contribution in [2.24, 2.45) is 0 Å². The number of halogens is 1. The summed E-state index contributed by atoms with van der Waals surface area (Å²) in [5.41, 5.74) is 0.572. The molecule has 16 heavy (non-hydrogen) atoms. The van der Waals surface area contributed by atoms with E-state index in [1.807, 2.05) is 0 Å². The van der Waals surface area contributed by atoms with Crippen LogP contribution in [0.4, 0.5) is 0 Å². The normalized spacial score (nSPS) is 9.50. The van der Waals surface area contributed by atoms with Gasteiger partial charge in [-0.15, -0.1) is 0 Å². The molecule has 1 aromatic heterocycles. The van der Waals surface area contributed by atoms with Crippen molar-refractivity contribution < 1.29 is 4.74 Å². The summed E-state index contributed by atoms with van der Waals surface area (Å²) in [6, 6.07) is 10.8. The molecule has 2 aromatic rings. The van der Waals surface area contributed by atoms with Crippen LogP contribution in [0.15, 0.2) is 47.2 Å². The molecule has 0 aliphatic carbocycles. The molecule has 0 N–H and O–H groups in total. The van der Waals surface area contributed by atoms with Gasteiger partial charge < -0.3 is 4.74 Å². The molecule has 3 nitrogen and oxygen atoms in total. The fourth-order valence-corrected chi connectivity index (χ4v) is 1.53. The second-order valence-electron chi connectivity index (χ2n) is 3.05. The monoisotopic (exact) mass is 274 g/mol. The molecule has 2 rings (SSSR count). The Morgan fingerprint density at radius 1 is 1.31 bits per heavy atom. The number of benzene rings is 1. The number of nitrogens with zero attached hydrogens (tertiary/aromatic N) is 2. The zero-order valence-electron chi connectivity index (χ0n) is 8.22. The fourth-order valence-electron chi connectivity index (χ4n) is 1.20. The molecule has 0 radical (unpaired) electrons. The summed E-state index contributed by atoms with van der Waals surface area (Å²) in [5, 5.41) is 8.76. The zero-order valence-corrected chi connectivity index (χ0v) is 9.81. The van der Waals surface area contributed by atoms with E-state index in [1.165, 1.54) is 0 Å². The second kappa shape index (κ2) is 4.77. The van der Waals surface area contributed by atoms with Crippen molar-refractivity contribution in [2.75, 3.05) is 0 Å². The number of nitriles is 1. The maximum Gasteiger partial charge on any atom is 0.144 e. The van der Waals surface area contributed by atoms with Gasteiger partial charge in [0.2, 0.25) is 0 Å². The lowest BCUT2D eigenvalue weighted by atomic mass is 10.2. The number of hydrogen-bond acceptors (Lipinski definition) is 3. The zero-order chi connectivity index (χ0) is 11.4. The Hall–Kier alpha value is -1.86. The highest BCUT2D eigenvalue weighted by atomic mass is 79.9. The van der Waals surface area contributed by atoms with Gasteiger partial charge in [0.25, 0.3) is 0 Å². The number of pyridine rings is 1. The van der Waals surface area contributed by atoms with E-state index in [9.17, 15) is 0 Å². The Kier molecular flexibility index (Phi) is 3.18. The van der Waals surface area contributed by atoms with Crippen LogP contribution >= 0.6 is 15.9 Å². The molecular formula is C12H7BrN2O. The summed E-state index contributed by atoms with van der Waals surface area (Å²) in [6.45, 7) is 0. The highest BCUT2D eigenvalue weighted by Gasteiger charge is 2.02. The third kappa shape index (κ3) is 2.38. The van der Waals surface area contributed by atoms with E-state index in [1.54, 1.807) is 42.7 Å². The van der Waals surface area contributed by atoms with E-state index in [0.29, 0.717) is 17.1 Å². The Morgan fingerprint density at radius 3 is 2.94 bits per heavy atom. The smallest absolute Gasteiger partial charge is 0.144 e. The summed E-state index contributed by atoms with van der Waals surface area (Å²) >= 11 is 3.34. The molecule has 0 fully saturated rings. The molecule has 0 aliphatic rings. The minimum atomic E-state index is 0.572. The predicted octanol–water partition coefficient (Wildman–Crippen LogP) is 3.51. The summed E-state index contributed by atoms with van der Waals surface area (Å²) in [6.07, 6.45) is 3.30. The molecule has 0 spiro atoms. The average molecular weight is 275 g/mol. The Morgan fingerprint density at radius 2 is 2.19 bits per heavy atom. The van der Waals surface area contributed by atoms with Crippen molar-refractivity contribution in [1.29, 1.82) is 5.26 Å². The molecule has 0 unspecified atom stereocenters. The van der Waals surface area contributed by atoms with E-state index < -0.39 is 0 Å². The third-order valence-electron chi connectivity index (χ3n) is 1.93. The van der Waals surface area contributed by atoms with E-state index in [2.05, 4.69) is 27.0 Å². The first kappa shape index (κ1) is 10.7. The highest BCUT2D eigenvalue weighted by molar-refractivity contribution is 9.10. The largest absolute Gasteiger partial charge is 0.456 e. The molecule has 0 aliphatic heterocycles. The van der Waals surface area contributed by atoms with Crippen LogP contribution in [0.5, 0.6) is 11.5 Å². The molecule has 78 valence electrons. The van der Waals surface area contributed by atoms with Crippen LogP contribution in [-0.2, 0) is 0 Å². The molecule has 1 aromatic carbocycles. The topological polar surface area (TPSA) is 45.9 Å². The van der Waals surface area contributed by atoms with Gasteiger partial charge in [-0.05, 0) is 34.1 Å². The van der Waals surface area contributed by atoms with Crippen LogP contribution in [0.1, 0.15) is 5.56 Å². The first-order valence-corrected chi connectivity index (χ1v) is 5.36. The third-order valence-corrected chi connectivity index (χ3v) is 2.52. The summed E-state index contributed by atoms with van der Waals surface area (Å²) in [4.78, 5) is 3.94. The standard InChI is InChI=1S/C12H7BrN2O/c13-11-8-15-5-4-12(11)16-10-3-1-2-9(6-10)7-14/h1-6,8H. The fraction of sp³-hybridized carbons (Fsp3) is 0. The summed E-state index contributed by atoms with van der Waals surface area (Å²) in [5.74, 6) is 1.30. The van der Waals surface area contributed by atoms with Crippen molar-refractivity contribution in [3.05, 3.63) is 52.8 Å². The van der Waals surface area contributed by atoms with Gasteiger partial charge in [0.1, 0.15) is 11.5 Å². The van der Waals surface area contributed by atoms with Gasteiger partial charge in [-0.25, -0.2) is 0 Å². The average Bonchev–Trinajstić information content (AvgIpc) is 2.32. The lowest BCUT2D eigenvalue weighted by Gasteiger charge is -2.06. The van der Waals surface area contributed by atoms with Gasteiger partial charge in [-0.3, -0.25) is 4.98 Å². The number of hydrogen-bond donors (Lipinski definition) is 0. The highest BCUT2D eigenvalue weighted by Crippen LogP contribution is 2.28. The van der Waals surface area contributed by atoms with Crippen LogP contribution in [0.25, 0.3) is 0 Å². The number of rotatable bonds is 2. The Balaban J connectivity index is 2.28. The van der Waals surface area contributed by atoms with Crippen molar-refractivity contribution in [3.8, 4) is 17.6 Å². The maximum atomic E-state index is 8.76. The first-order valence-electron chi connectivity index (χ1n) is 4.57. The van der Waals surface area contributed by atoms with Gasteiger partial charge >= 0.3 is 0 Å². The van der Waals surface area contributed by atoms with E-state index in [4.69, 9.17) is 10.00 Å². The van der Waals surface area contributed by atoms with Crippen LogP contribution in [0.3, 0.4) is 0 Å². The van der Waals surface area contributed by atoms with Crippen molar-refractivity contribution in [2.45, 2.75) is 0 Å². The first-order chi connectivity index (χ1) is 7.79. The maximum absolute atomic E-state index is 8.76. The van der Waals surface area contributed by atoms with E-state index in [-0.39, 0.29) is 0 Å². The van der Waals surface area contributed by atoms with Crippen LogP contribution < -0.4 is 4.74 Å². The Labute approximate surface area is 101 Å². The quantitative estimate of drug-likeness (QED) is 0.842. The van der Waals surface area contributed by atoms with Crippen LogP contribution in [0.2, 0.25) is 0 Å². The summed E-state index contributed by atoms with van der Waals surface area (Å²) < 4.78 is 6.39. The summed E-state index contributed by atoms with van der Waals surface area (Å²) in [7, 11) is 0. The Bertz CT molecular complexity index is 549. The molecule has 0 atom stereocenters. The molecule has 0 saturated heterocycles. The van der Waals surface area contributed by atoms with Gasteiger partial charge in [0.05, 0.1) is 16.1 Å². The molecule has 0 bridgehead atoms. The van der Waals surface area contributed by atoms with Gasteiger partial charge in [0, 0.05) is 18.5 Å². The van der Waals surface area contributed by atoms with Crippen LogP contribution in [0, 0.1) is 11.3 Å². The molecule has 0 saturated carbocycles. The van der Waals surface area contributed by atoms with Gasteiger partial charge in [-0.1, -0.05) is 6.07 Å². The SMILES string of the molecule is N#Cc1cccc(Oc2ccncc2Br)c1. The lowest BCUT2D eigenvalue weighted by molar-refractivity contribution is 0.478. The minimum Gasteiger partial charge on any atom is -0.456 e. The number of aromatic nitrogens is 1. The predicted molar refractivity (Wildman–Crippen MR) is 63.2 cm³/mol. The van der Waals surface area contributed by atoms with Crippen molar-refractivity contribution in [1.82, 2.24) is 4.98 Å². The second-order valence-corrected chi connectivity index (χ2v) is 3.90. The van der Waals surface area contributed by atoms with Gasteiger partial charge in [-0.2, -0.15) is 5.26 Å². The minimum absolute atomic E-state index is 0.572. The molecular weight excluding hydrogens is 268 g/mol. The molecule has 4 heteroatoms. The van der Waals surface area contributed by atoms with E-state index >= 15 is 0 Å². The van der Waals surface area contributed by atoms with E-state index in [0.717, 1.165) is 4.47 Å². The molecule has 0 amide bonds. The number of ether oxygens (including phenoxy) is 1. The van der Waals surface area contributed by atoms with Crippen LogP contribution in [-0.4, -0.2) is 4.98 Å². The van der Waals surface area contributed by atoms with Crippen molar-refractivity contribution >= 4 is 15.9 Å². The molecule has 1 heterocycles. The lowest BCUT2D eigenvalue weighted by Crippen LogP contribution is -1.86. The van der Waals surface area contributed by atoms with Gasteiger partial charge in [0.15, 0.2) is 0 Å². The van der Waals surface area contributed by atoms with Crippen molar-refractivity contribution in [3.63, 3.8) is 0 Å².